The number of rotatable bonds is 2. The Morgan fingerprint density at radius 1 is 1.19 bits per heavy atom. The highest BCUT2D eigenvalue weighted by Gasteiger charge is 2.16. The van der Waals surface area contributed by atoms with Gasteiger partial charge in [0.15, 0.2) is 11.6 Å². The van der Waals surface area contributed by atoms with Gasteiger partial charge in [-0.25, -0.2) is 23.7 Å². The lowest BCUT2D eigenvalue weighted by Gasteiger charge is -2.06. The SMILES string of the molecule is CCn1c(C)nc2c(F)cc(-c3nc(Cl)ncc3F)cc21. The largest absolute Gasteiger partial charge is 0.328 e. The van der Waals surface area contributed by atoms with E-state index in [1.54, 1.807) is 13.0 Å². The molecule has 0 N–H and O–H groups in total. The fourth-order valence-corrected chi connectivity index (χ4v) is 2.51. The Morgan fingerprint density at radius 2 is 1.95 bits per heavy atom. The van der Waals surface area contributed by atoms with Crippen LogP contribution < -0.4 is 0 Å². The Kier molecular flexibility index (Phi) is 3.33. The molecule has 4 nitrogen and oxygen atoms in total. The second-order valence-corrected chi connectivity index (χ2v) is 4.90. The van der Waals surface area contributed by atoms with Crippen molar-refractivity contribution in [1.29, 1.82) is 0 Å². The van der Waals surface area contributed by atoms with Crippen molar-refractivity contribution in [1.82, 2.24) is 19.5 Å². The third kappa shape index (κ3) is 2.25. The van der Waals surface area contributed by atoms with Gasteiger partial charge in [0.25, 0.3) is 0 Å². The smallest absolute Gasteiger partial charge is 0.223 e. The summed E-state index contributed by atoms with van der Waals surface area (Å²) in [5, 5.41) is -0.0907. The third-order valence-corrected chi connectivity index (χ3v) is 3.48. The third-order valence-electron chi connectivity index (χ3n) is 3.30. The summed E-state index contributed by atoms with van der Waals surface area (Å²) in [5.41, 5.74) is 1.13. The molecule has 0 saturated heterocycles. The predicted octanol–water partition coefficient (Wildman–Crippen LogP) is 3.75. The normalized spacial score (nSPS) is 11.3. The molecule has 1 aromatic carbocycles. The summed E-state index contributed by atoms with van der Waals surface area (Å²) in [6, 6.07) is 2.86. The van der Waals surface area contributed by atoms with E-state index in [0.29, 0.717) is 23.4 Å². The molecule has 0 spiro atoms. The first-order chi connectivity index (χ1) is 10.0. The van der Waals surface area contributed by atoms with Crippen LogP contribution in [-0.2, 0) is 6.54 Å². The Labute approximate surface area is 124 Å². The number of fused-ring (bicyclic) bond motifs is 1. The fourth-order valence-electron chi connectivity index (χ4n) is 2.38. The van der Waals surface area contributed by atoms with E-state index in [2.05, 4.69) is 15.0 Å². The number of benzene rings is 1. The topological polar surface area (TPSA) is 43.6 Å². The van der Waals surface area contributed by atoms with Crippen molar-refractivity contribution >= 4 is 22.6 Å². The fraction of sp³-hybridized carbons (Fsp3) is 0.214. The zero-order chi connectivity index (χ0) is 15.1. The maximum Gasteiger partial charge on any atom is 0.223 e. The highest BCUT2D eigenvalue weighted by Crippen LogP contribution is 2.28. The molecule has 7 heteroatoms. The summed E-state index contributed by atoms with van der Waals surface area (Å²) in [7, 11) is 0. The number of hydrogen-bond donors (Lipinski definition) is 0. The Balaban J connectivity index is 2.31. The second kappa shape index (κ2) is 5.04. The lowest BCUT2D eigenvalue weighted by atomic mass is 10.1. The van der Waals surface area contributed by atoms with E-state index in [-0.39, 0.29) is 16.5 Å². The first-order valence-electron chi connectivity index (χ1n) is 6.36. The molecule has 0 unspecified atom stereocenters. The first kappa shape index (κ1) is 13.9. The van der Waals surface area contributed by atoms with Gasteiger partial charge < -0.3 is 4.57 Å². The highest BCUT2D eigenvalue weighted by atomic mass is 35.5. The molecule has 21 heavy (non-hydrogen) atoms. The van der Waals surface area contributed by atoms with Gasteiger partial charge >= 0.3 is 0 Å². The van der Waals surface area contributed by atoms with Crippen molar-refractivity contribution in [3.63, 3.8) is 0 Å². The Bertz CT molecular complexity index is 845. The van der Waals surface area contributed by atoms with Crippen LogP contribution in [0.1, 0.15) is 12.7 Å². The lowest BCUT2D eigenvalue weighted by molar-refractivity contribution is 0.616. The molecule has 0 fully saturated rings. The van der Waals surface area contributed by atoms with E-state index >= 15 is 0 Å². The summed E-state index contributed by atoms with van der Waals surface area (Å²) in [6.07, 6.45) is 0.967. The molecule has 0 aliphatic carbocycles. The molecule has 3 aromatic rings. The molecule has 0 aliphatic rings. The Hall–Kier alpha value is -2.08. The van der Waals surface area contributed by atoms with E-state index in [9.17, 15) is 8.78 Å². The molecule has 0 aliphatic heterocycles. The van der Waals surface area contributed by atoms with Crippen LogP contribution in [0.25, 0.3) is 22.3 Å². The molecule has 0 bridgehead atoms. The number of aromatic nitrogens is 4. The molecule has 3 rings (SSSR count). The minimum Gasteiger partial charge on any atom is -0.328 e. The minimum absolute atomic E-state index is 0.0303. The molecule has 0 radical (unpaired) electrons. The predicted molar refractivity (Wildman–Crippen MR) is 76.1 cm³/mol. The standard InChI is InChI=1S/C14H11ClF2N4/c1-3-21-7(2)19-13-9(16)4-8(5-11(13)21)12-10(17)6-18-14(15)20-12/h4-6H,3H2,1-2H3. The van der Waals surface area contributed by atoms with Gasteiger partial charge in [-0.2, -0.15) is 0 Å². The number of nitrogens with zero attached hydrogens (tertiary/aromatic N) is 4. The summed E-state index contributed by atoms with van der Waals surface area (Å²) in [5.74, 6) is -0.478. The number of imidazole rings is 1. The van der Waals surface area contributed by atoms with E-state index in [1.165, 1.54) is 6.07 Å². The van der Waals surface area contributed by atoms with Crippen LogP contribution in [0.3, 0.4) is 0 Å². The van der Waals surface area contributed by atoms with Gasteiger partial charge in [0, 0.05) is 12.1 Å². The molecule has 0 amide bonds. The summed E-state index contributed by atoms with van der Waals surface area (Å²) in [4.78, 5) is 11.6. The molecular weight excluding hydrogens is 298 g/mol. The van der Waals surface area contributed by atoms with Crippen LogP contribution in [0.15, 0.2) is 18.3 Å². The number of hydrogen-bond acceptors (Lipinski definition) is 3. The molecule has 108 valence electrons. The van der Waals surface area contributed by atoms with Crippen LogP contribution in [0.5, 0.6) is 0 Å². The minimum atomic E-state index is -0.655. The summed E-state index contributed by atoms with van der Waals surface area (Å²) in [6.45, 7) is 4.36. The zero-order valence-electron chi connectivity index (χ0n) is 11.4. The van der Waals surface area contributed by atoms with Crippen molar-refractivity contribution in [3.05, 3.63) is 41.1 Å². The average Bonchev–Trinajstić information content (AvgIpc) is 2.77. The van der Waals surface area contributed by atoms with E-state index < -0.39 is 11.6 Å². The van der Waals surface area contributed by atoms with E-state index in [4.69, 9.17) is 11.6 Å². The van der Waals surface area contributed by atoms with Crippen LogP contribution >= 0.6 is 11.6 Å². The second-order valence-electron chi connectivity index (χ2n) is 4.56. The lowest BCUT2D eigenvalue weighted by Crippen LogP contribution is -1.98. The van der Waals surface area contributed by atoms with Crippen LogP contribution in [0, 0.1) is 18.6 Å². The average molecular weight is 309 g/mol. The van der Waals surface area contributed by atoms with E-state index in [0.717, 1.165) is 6.20 Å². The molecule has 0 atom stereocenters. The summed E-state index contributed by atoms with van der Waals surface area (Å²) < 4.78 is 29.9. The number of aryl methyl sites for hydroxylation is 2. The number of halogens is 3. The van der Waals surface area contributed by atoms with Crippen molar-refractivity contribution in [2.75, 3.05) is 0 Å². The van der Waals surface area contributed by atoms with Gasteiger partial charge in [0.05, 0.1) is 11.7 Å². The Morgan fingerprint density at radius 3 is 2.67 bits per heavy atom. The first-order valence-corrected chi connectivity index (χ1v) is 6.74. The summed E-state index contributed by atoms with van der Waals surface area (Å²) >= 11 is 5.69. The maximum absolute atomic E-state index is 14.2. The monoisotopic (exact) mass is 308 g/mol. The van der Waals surface area contributed by atoms with Crippen LogP contribution in [-0.4, -0.2) is 19.5 Å². The van der Waals surface area contributed by atoms with Crippen molar-refractivity contribution in [2.24, 2.45) is 0 Å². The molecule has 2 aromatic heterocycles. The van der Waals surface area contributed by atoms with Crippen molar-refractivity contribution in [3.8, 4) is 11.3 Å². The quantitative estimate of drug-likeness (QED) is 0.677. The van der Waals surface area contributed by atoms with Gasteiger partial charge in [-0.15, -0.1) is 0 Å². The van der Waals surface area contributed by atoms with Gasteiger partial charge in [-0.3, -0.25) is 0 Å². The zero-order valence-corrected chi connectivity index (χ0v) is 12.1. The van der Waals surface area contributed by atoms with Crippen molar-refractivity contribution < 1.29 is 8.78 Å². The van der Waals surface area contributed by atoms with Gasteiger partial charge in [0.2, 0.25) is 5.28 Å². The van der Waals surface area contributed by atoms with Gasteiger partial charge in [-0.1, -0.05) is 0 Å². The molecule has 2 heterocycles. The van der Waals surface area contributed by atoms with E-state index in [1.807, 2.05) is 11.5 Å². The van der Waals surface area contributed by atoms with Crippen LogP contribution in [0.4, 0.5) is 8.78 Å². The molecular formula is C14H11ClF2N4. The maximum atomic E-state index is 14.2. The van der Waals surface area contributed by atoms with Gasteiger partial charge in [-0.05, 0) is 37.6 Å². The highest BCUT2D eigenvalue weighted by molar-refractivity contribution is 6.28. The van der Waals surface area contributed by atoms with Gasteiger partial charge in [0.1, 0.15) is 17.0 Å². The van der Waals surface area contributed by atoms with Crippen LogP contribution in [0.2, 0.25) is 5.28 Å². The van der Waals surface area contributed by atoms with Crippen molar-refractivity contribution in [2.45, 2.75) is 20.4 Å². The molecule has 0 saturated carbocycles.